The molecule has 0 fully saturated rings. The molecule has 0 spiro atoms. The topological polar surface area (TPSA) is 61.8 Å². The van der Waals surface area contributed by atoms with Crippen LogP contribution in [-0.2, 0) is 6.42 Å². The Bertz CT molecular complexity index is 686. The summed E-state index contributed by atoms with van der Waals surface area (Å²) in [4.78, 5) is 4.51. The molecular weight excluding hydrogens is 226 g/mol. The Morgan fingerprint density at radius 3 is 2.78 bits per heavy atom. The molecule has 1 radical (unpaired) electrons. The highest BCUT2D eigenvalue weighted by molar-refractivity contribution is 5.80. The molecule has 3 aromatic rings. The highest BCUT2D eigenvalue weighted by atomic mass is 16.3. The zero-order valence-corrected chi connectivity index (χ0v) is 9.94. The van der Waals surface area contributed by atoms with Gasteiger partial charge in [-0.15, -0.1) is 0 Å². The summed E-state index contributed by atoms with van der Waals surface area (Å²) < 4.78 is 0. The van der Waals surface area contributed by atoms with E-state index in [1.54, 1.807) is 12.1 Å². The molecular formula is C14H12N3O. The van der Waals surface area contributed by atoms with E-state index in [0.717, 1.165) is 34.4 Å². The highest BCUT2D eigenvalue weighted by Gasteiger charge is 2.07. The Morgan fingerprint density at radius 1 is 1.28 bits per heavy atom. The number of aryl methyl sites for hydroxylation is 1. The lowest BCUT2D eigenvalue weighted by molar-refractivity contribution is 0.475. The van der Waals surface area contributed by atoms with Crippen molar-refractivity contribution in [2.45, 2.75) is 13.3 Å². The molecule has 89 valence electrons. The molecule has 4 heteroatoms. The molecule has 2 N–H and O–H groups in total. The summed E-state index contributed by atoms with van der Waals surface area (Å²) in [6, 6.07) is 12.0. The minimum absolute atomic E-state index is 0.249. The van der Waals surface area contributed by atoms with Crippen molar-refractivity contribution in [1.29, 1.82) is 0 Å². The van der Waals surface area contributed by atoms with Crippen molar-refractivity contribution in [1.82, 2.24) is 15.2 Å². The Balaban J connectivity index is 2.10. The zero-order valence-electron chi connectivity index (χ0n) is 9.94. The van der Waals surface area contributed by atoms with Crippen molar-refractivity contribution in [2.24, 2.45) is 0 Å². The molecule has 0 aliphatic heterocycles. The molecule has 0 aliphatic carbocycles. The van der Waals surface area contributed by atoms with E-state index in [1.165, 1.54) is 0 Å². The van der Waals surface area contributed by atoms with Crippen LogP contribution in [0.3, 0.4) is 0 Å². The van der Waals surface area contributed by atoms with Gasteiger partial charge in [0.2, 0.25) is 0 Å². The predicted octanol–water partition coefficient (Wildman–Crippen LogP) is 2.69. The van der Waals surface area contributed by atoms with Gasteiger partial charge in [-0.3, -0.25) is 5.10 Å². The Morgan fingerprint density at radius 2 is 2.06 bits per heavy atom. The molecule has 1 aromatic carbocycles. The van der Waals surface area contributed by atoms with Gasteiger partial charge < -0.3 is 5.11 Å². The molecule has 0 atom stereocenters. The number of H-pyrrole nitrogens is 1. The van der Waals surface area contributed by atoms with E-state index < -0.39 is 0 Å². The summed E-state index contributed by atoms with van der Waals surface area (Å²) >= 11 is 0. The van der Waals surface area contributed by atoms with Gasteiger partial charge in [0, 0.05) is 10.9 Å². The molecule has 0 saturated heterocycles. The fourth-order valence-electron chi connectivity index (χ4n) is 1.93. The first-order valence-electron chi connectivity index (χ1n) is 5.83. The van der Waals surface area contributed by atoms with Crippen molar-refractivity contribution in [2.75, 3.05) is 0 Å². The van der Waals surface area contributed by atoms with Crippen LogP contribution in [0.2, 0.25) is 0 Å². The fourth-order valence-corrected chi connectivity index (χ4v) is 1.93. The monoisotopic (exact) mass is 238 g/mol. The van der Waals surface area contributed by atoms with E-state index >= 15 is 0 Å². The third kappa shape index (κ3) is 1.72. The number of hydrogen-bond donors (Lipinski definition) is 2. The van der Waals surface area contributed by atoms with E-state index in [1.807, 2.05) is 18.2 Å². The Labute approximate surface area is 104 Å². The van der Waals surface area contributed by atoms with Gasteiger partial charge in [0.15, 0.2) is 5.65 Å². The van der Waals surface area contributed by atoms with E-state index in [2.05, 4.69) is 28.2 Å². The number of pyridine rings is 1. The maximum absolute atomic E-state index is 9.27. The van der Waals surface area contributed by atoms with Crippen LogP contribution in [0.25, 0.3) is 22.3 Å². The second-order valence-electron chi connectivity index (χ2n) is 4.08. The summed E-state index contributed by atoms with van der Waals surface area (Å²) in [5, 5.41) is 17.3. The van der Waals surface area contributed by atoms with E-state index in [4.69, 9.17) is 0 Å². The minimum Gasteiger partial charge on any atom is -0.508 e. The number of aromatic amines is 1. The molecule has 2 aromatic heterocycles. The summed E-state index contributed by atoms with van der Waals surface area (Å²) in [5.74, 6) is 0.249. The lowest BCUT2D eigenvalue weighted by atomic mass is 10.1. The van der Waals surface area contributed by atoms with Gasteiger partial charge in [-0.1, -0.05) is 6.92 Å². The molecule has 4 nitrogen and oxygen atoms in total. The average molecular weight is 238 g/mol. The molecule has 3 rings (SSSR count). The predicted molar refractivity (Wildman–Crippen MR) is 69.2 cm³/mol. The highest BCUT2D eigenvalue weighted by Crippen LogP contribution is 2.23. The van der Waals surface area contributed by atoms with Crippen LogP contribution in [0.4, 0.5) is 0 Å². The summed E-state index contributed by atoms with van der Waals surface area (Å²) in [7, 11) is 0. The van der Waals surface area contributed by atoms with E-state index in [9.17, 15) is 5.11 Å². The second kappa shape index (κ2) is 4.14. The average Bonchev–Trinajstić information content (AvgIpc) is 2.81. The van der Waals surface area contributed by atoms with Crippen LogP contribution in [0.15, 0.2) is 30.3 Å². The van der Waals surface area contributed by atoms with Gasteiger partial charge in [-0.2, -0.15) is 5.10 Å². The van der Waals surface area contributed by atoms with Gasteiger partial charge in [-0.05, 0) is 42.8 Å². The first kappa shape index (κ1) is 10.8. The van der Waals surface area contributed by atoms with Gasteiger partial charge >= 0.3 is 0 Å². The summed E-state index contributed by atoms with van der Waals surface area (Å²) in [6.45, 7) is 2.05. The minimum atomic E-state index is 0.249. The second-order valence-corrected chi connectivity index (χ2v) is 4.08. The number of fused-ring (bicyclic) bond motifs is 1. The smallest absolute Gasteiger partial charge is 0.156 e. The lowest BCUT2D eigenvalue weighted by Crippen LogP contribution is -1.85. The number of hydrogen-bond acceptors (Lipinski definition) is 3. The maximum Gasteiger partial charge on any atom is 0.156 e. The number of aromatic hydroxyl groups is 1. The van der Waals surface area contributed by atoms with E-state index in [-0.39, 0.29) is 5.75 Å². The van der Waals surface area contributed by atoms with Crippen LogP contribution in [0.5, 0.6) is 5.75 Å². The van der Waals surface area contributed by atoms with Crippen molar-refractivity contribution in [3.8, 4) is 17.0 Å². The van der Waals surface area contributed by atoms with Crippen molar-refractivity contribution < 1.29 is 5.11 Å². The number of aromatic nitrogens is 3. The third-order valence-electron chi connectivity index (χ3n) is 2.91. The molecule has 2 heterocycles. The molecule has 0 unspecified atom stereocenters. The standard InChI is InChI=1S/C14H12N3O/c1-2-12-11-7-8-13(15-14(11)17-16-12)9-3-5-10(18)6-4-9/h3-6,8,18H,2H2,1H3,(H,15,16,17). The number of nitrogens with zero attached hydrogens (tertiary/aromatic N) is 2. The van der Waals surface area contributed by atoms with Crippen LogP contribution in [0.1, 0.15) is 12.6 Å². The molecule has 0 bridgehead atoms. The third-order valence-corrected chi connectivity index (χ3v) is 2.91. The van der Waals surface area contributed by atoms with Crippen LogP contribution >= 0.6 is 0 Å². The number of rotatable bonds is 2. The molecule has 0 saturated carbocycles. The molecule has 0 amide bonds. The van der Waals surface area contributed by atoms with Crippen LogP contribution in [-0.4, -0.2) is 20.3 Å². The number of phenols is 1. The first-order chi connectivity index (χ1) is 8.78. The van der Waals surface area contributed by atoms with Crippen LogP contribution < -0.4 is 0 Å². The maximum atomic E-state index is 9.27. The SMILES string of the molecule is CCc1n[nH]c2nc(-c3ccc(O)cc3)c[c]c12. The number of nitrogens with one attached hydrogen (secondary N) is 1. The Hall–Kier alpha value is -2.36. The summed E-state index contributed by atoms with van der Waals surface area (Å²) in [5.41, 5.74) is 3.49. The Kier molecular flexibility index (Phi) is 2.48. The number of benzene rings is 1. The van der Waals surface area contributed by atoms with Crippen molar-refractivity contribution in [3.63, 3.8) is 0 Å². The van der Waals surface area contributed by atoms with Gasteiger partial charge in [0.05, 0.1) is 11.4 Å². The largest absolute Gasteiger partial charge is 0.508 e. The van der Waals surface area contributed by atoms with Crippen molar-refractivity contribution in [3.05, 3.63) is 42.1 Å². The molecule has 0 aliphatic rings. The quantitative estimate of drug-likeness (QED) is 0.721. The van der Waals surface area contributed by atoms with Gasteiger partial charge in [0.1, 0.15) is 5.75 Å². The number of phenolic OH excluding ortho intramolecular Hbond substituents is 1. The van der Waals surface area contributed by atoms with Gasteiger partial charge in [-0.25, -0.2) is 4.98 Å². The lowest BCUT2D eigenvalue weighted by Gasteiger charge is -2.01. The summed E-state index contributed by atoms with van der Waals surface area (Å²) in [6.07, 6.45) is 0.858. The zero-order chi connectivity index (χ0) is 12.5. The first-order valence-corrected chi connectivity index (χ1v) is 5.83. The van der Waals surface area contributed by atoms with Gasteiger partial charge in [0.25, 0.3) is 0 Å². The van der Waals surface area contributed by atoms with Crippen molar-refractivity contribution >= 4 is 11.0 Å². The van der Waals surface area contributed by atoms with Crippen LogP contribution in [0, 0.1) is 6.07 Å². The van der Waals surface area contributed by atoms with E-state index in [0.29, 0.717) is 0 Å². The molecule has 18 heavy (non-hydrogen) atoms. The fraction of sp³-hybridized carbons (Fsp3) is 0.143. The normalized spacial score (nSPS) is 10.9.